The number of benzene rings is 1. The summed E-state index contributed by atoms with van der Waals surface area (Å²) in [5, 5.41) is 0. The van der Waals surface area contributed by atoms with E-state index in [4.69, 9.17) is 4.74 Å². The van der Waals surface area contributed by atoms with E-state index in [-0.39, 0.29) is 11.4 Å². The number of carbonyl (C=O) groups is 1. The summed E-state index contributed by atoms with van der Waals surface area (Å²) in [7, 11) is 1.36. The minimum absolute atomic E-state index is 0.108. The van der Waals surface area contributed by atoms with E-state index in [0.717, 1.165) is 11.3 Å². The van der Waals surface area contributed by atoms with Crippen LogP contribution >= 0.6 is 0 Å². The second-order valence-corrected chi connectivity index (χ2v) is 5.51. The summed E-state index contributed by atoms with van der Waals surface area (Å²) in [6.45, 7) is 10.2. The van der Waals surface area contributed by atoms with Crippen molar-refractivity contribution in [2.45, 2.75) is 46.1 Å². The predicted octanol–water partition coefficient (Wildman–Crippen LogP) is 3.23. The number of hydrogen-bond acceptors (Lipinski definition) is 3. The molecule has 0 aliphatic rings. The number of aryl methyl sites for hydroxylation is 1. The van der Waals surface area contributed by atoms with Crippen LogP contribution in [0.3, 0.4) is 0 Å². The quantitative estimate of drug-likeness (QED) is 0.773. The van der Waals surface area contributed by atoms with Gasteiger partial charge in [0.1, 0.15) is 5.75 Å². The number of hydrogen-bond donors (Lipinski definition) is 0. The molecule has 3 nitrogen and oxygen atoms in total. The van der Waals surface area contributed by atoms with Crippen LogP contribution < -0.4 is 4.74 Å². The molecular formula is C15H22O3. The van der Waals surface area contributed by atoms with E-state index in [0.29, 0.717) is 0 Å². The molecule has 1 rings (SSSR count). The van der Waals surface area contributed by atoms with Gasteiger partial charge in [0.2, 0.25) is 0 Å². The second-order valence-electron chi connectivity index (χ2n) is 5.51. The molecule has 0 saturated heterocycles. The molecule has 3 heteroatoms. The normalized spacial score (nSPS) is 13.0. The predicted molar refractivity (Wildman–Crippen MR) is 72.0 cm³/mol. The van der Waals surface area contributed by atoms with Crippen LogP contribution in [0.25, 0.3) is 0 Å². The third kappa shape index (κ3) is 3.49. The van der Waals surface area contributed by atoms with Crippen LogP contribution in [0.15, 0.2) is 18.2 Å². The molecule has 0 fully saturated rings. The van der Waals surface area contributed by atoms with Crippen molar-refractivity contribution in [1.29, 1.82) is 0 Å². The van der Waals surface area contributed by atoms with Gasteiger partial charge in [-0.1, -0.05) is 32.9 Å². The Bertz CT molecular complexity index is 430. The number of methoxy groups -OCH3 is 1. The summed E-state index contributed by atoms with van der Waals surface area (Å²) >= 11 is 0. The first-order valence-corrected chi connectivity index (χ1v) is 6.11. The molecule has 0 aliphatic carbocycles. The molecule has 1 atom stereocenters. The fourth-order valence-corrected chi connectivity index (χ4v) is 1.65. The van der Waals surface area contributed by atoms with Crippen LogP contribution in [-0.2, 0) is 14.9 Å². The smallest absolute Gasteiger partial charge is 0.346 e. The van der Waals surface area contributed by atoms with Crippen molar-refractivity contribution in [1.82, 2.24) is 0 Å². The van der Waals surface area contributed by atoms with Crippen LogP contribution in [0, 0.1) is 6.92 Å². The maximum Gasteiger partial charge on any atom is 0.346 e. The standard InChI is InChI=1S/C15H22O3/c1-10-9-12(15(3,4)5)7-8-13(10)18-11(2)14(16)17-6/h7-9,11H,1-6H3. The molecule has 1 aromatic carbocycles. The highest BCUT2D eigenvalue weighted by Crippen LogP contribution is 2.28. The van der Waals surface area contributed by atoms with Gasteiger partial charge in [-0.3, -0.25) is 0 Å². The highest BCUT2D eigenvalue weighted by molar-refractivity contribution is 5.74. The summed E-state index contributed by atoms with van der Waals surface area (Å²) < 4.78 is 10.2. The number of carbonyl (C=O) groups excluding carboxylic acids is 1. The van der Waals surface area contributed by atoms with E-state index in [1.165, 1.54) is 12.7 Å². The van der Waals surface area contributed by atoms with Crippen LogP contribution in [0.4, 0.5) is 0 Å². The summed E-state index contributed by atoms with van der Waals surface area (Å²) in [6.07, 6.45) is -0.589. The minimum atomic E-state index is -0.589. The van der Waals surface area contributed by atoms with Gasteiger partial charge in [0, 0.05) is 0 Å². The third-order valence-corrected chi connectivity index (χ3v) is 2.88. The van der Waals surface area contributed by atoms with Crippen LogP contribution in [0.2, 0.25) is 0 Å². The van der Waals surface area contributed by atoms with Crippen molar-refractivity contribution < 1.29 is 14.3 Å². The average Bonchev–Trinajstić information content (AvgIpc) is 2.29. The zero-order valence-electron chi connectivity index (χ0n) is 12.0. The molecule has 0 heterocycles. The van der Waals surface area contributed by atoms with E-state index in [2.05, 4.69) is 31.6 Å². The third-order valence-electron chi connectivity index (χ3n) is 2.88. The summed E-state index contributed by atoms with van der Waals surface area (Å²) in [5.41, 5.74) is 2.38. The lowest BCUT2D eigenvalue weighted by atomic mass is 9.86. The number of ether oxygens (including phenoxy) is 2. The van der Waals surface area contributed by atoms with Gasteiger partial charge in [-0.2, -0.15) is 0 Å². The first kappa shape index (κ1) is 14.6. The van der Waals surface area contributed by atoms with Gasteiger partial charge >= 0.3 is 5.97 Å². The molecule has 0 N–H and O–H groups in total. The van der Waals surface area contributed by atoms with E-state index < -0.39 is 6.10 Å². The molecule has 1 unspecified atom stereocenters. The Balaban J connectivity index is 2.90. The van der Waals surface area contributed by atoms with Crippen molar-refractivity contribution in [3.05, 3.63) is 29.3 Å². The van der Waals surface area contributed by atoms with Gasteiger partial charge in [0.25, 0.3) is 0 Å². The van der Waals surface area contributed by atoms with Gasteiger partial charge in [-0.25, -0.2) is 4.79 Å². The molecule has 0 spiro atoms. The van der Waals surface area contributed by atoms with Gasteiger partial charge in [-0.15, -0.1) is 0 Å². The Morgan fingerprint density at radius 2 is 1.89 bits per heavy atom. The first-order chi connectivity index (χ1) is 8.25. The Morgan fingerprint density at radius 1 is 1.28 bits per heavy atom. The second kappa shape index (κ2) is 5.42. The Labute approximate surface area is 109 Å². The van der Waals surface area contributed by atoms with Crippen LogP contribution in [-0.4, -0.2) is 19.2 Å². The van der Waals surface area contributed by atoms with Crippen LogP contribution in [0.5, 0.6) is 5.75 Å². The van der Waals surface area contributed by atoms with Gasteiger partial charge in [-0.05, 0) is 36.5 Å². The molecule has 100 valence electrons. The molecule has 18 heavy (non-hydrogen) atoms. The first-order valence-electron chi connectivity index (χ1n) is 6.11. The summed E-state index contributed by atoms with van der Waals surface area (Å²) in [5.74, 6) is 0.357. The van der Waals surface area contributed by atoms with Crippen molar-refractivity contribution in [3.8, 4) is 5.75 Å². The highest BCUT2D eigenvalue weighted by atomic mass is 16.6. The monoisotopic (exact) mass is 250 g/mol. The van der Waals surface area contributed by atoms with Gasteiger partial charge in [0.15, 0.2) is 6.10 Å². The van der Waals surface area contributed by atoms with E-state index in [1.54, 1.807) is 6.92 Å². The molecule has 0 amide bonds. The van der Waals surface area contributed by atoms with E-state index in [1.807, 2.05) is 19.1 Å². The lowest BCUT2D eigenvalue weighted by Crippen LogP contribution is -2.25. The van der Waals surface area contributed by atoms with Gasteiger partial charge in [0.05, 0.1) is 7.11 Å². The van der Waals surface area contributed by atoms with E-state index in [9.17, 15) is 4.79 Å². The van der Waals surface area contributed by atoms with Crippen molar-refractivity contribution in [2.24, 2.45) is 0 Å². The fraction of sp³-hybridized carbons (Fsp3) is 0.533. The molecular weight excluding hydrogens is 228 g/mol. The molecule has 0 saturated carbocycles. The molecule has 0 aliphatic heterocycles. The zero-order valence-corrected chi connectivity index (χ0v) is 12.0. The highest BCUT2D eigenvalue weighted by Gasteiger charge is 2.18. The molecule has 1 aromatic rings. The summed E-state index contributed by atoms with van der Waals surface area (Å²) in [6, 6.07) is 6.04. The Kier molecular flexibility index (Phi) is 4.38. The number of rotatable bonds is 3. The van der Waals surface area contributed by atoms with Crippen molar-refractivity contribution in [2.75, 3.05) is 7.11 Å². The maximum atomic E-state index is 11.3. The Morgan fingerprint density at radius 3 is 2.33 bits per heavy atom. The number of esters is 1. The Hall–Kier alpha value is -1.51. The van der Waals surface area contributed by atoms with Gasteiger partial charge < -0.3 is 9.47 Å². The van der Waals surface area contributed by atoms with Crippen molar-refractivity contribution >= 4 is 5.97 Å². The SMILES string of the molecule is COC(=O)C(C)Oc1ccc(C(C)(C)C)cc1C. The molecule has 0 aromatic heterocycles. The maximum absolute atomic E-state index is 11.3. The lowest BCUT2D eigenvalue weighted by Gasteiger charge is -2.21. The largest absolute Gasteiger partial charge is 0.479 e. The average molecular weight is 250 g/mol. The van der Waals surface area contributed by atoms with Crippen LogP contribution in [0.1, 0.15) is 38.8 Å². The lowest BCUT2D eigenvalue weighted by molar-refractivity contribution is -0.147. The minimum Gasteiger partial charge on any atom is -0.479 e. The fourth-order valence-electron chi connectivity index (χ4n) is 1.65. The van der Waals surface area contributed by atoms with E-state index >= 15 is 0 Å². The topological polar surface area (TPSA) is 35.5 Å². The zero-order chi connectivity index (χ0) is 13.9. The van der Waals surface area contributed by atoms with Crippen molar-refractivity contribution in [3.63, 3.8) is 0 Å². The molecule has 0 radical (unpaired) electrons. The summed E-state index contributed by atoms with van der Waals surface area (Å²) in [4.78, 5) is 11.3. The molecule has 0 bridgehead atoms.